The summed E-state index contributed by atoms with van der Waals surface area (Å²) in [5, 5.41) is 0. The first kappa shape index (κ1) is 19.5. The van der Waals surface area contributed by atoms with Gasteiger partial charge >= 0.3 is 0 Å². The summed E-state index contributed by atoms with van der Waals surface area (Å²) in [5.41, 5.74) is 1.18. The second-order valence-electron chi connectivity index (χ2n) is 6.34. The molecule has 126 valence electrons. The van der Waals surface area contributed by atoms with Crippen molar-refractivity contribution in [2.75, 3.05) is 35.3 Å². The minimum Gasteiger partial charge on any atom is -0.496 e. The molecule has 0 amide bonds. The summed E-state index contributed by atoms with van der Waals surface area (Å²) in [4.78, 5) is 4.35. The molecule has 0 N–H and O–H groups in total. The summed E-state index contributed by atoms with van der Waals surface area (Å²) in [6.45, 7) is 6.47. The molecule has 22 heavy (non-hydrogen) atoms. The minimum atomic E-state index is 0.0479. The van der Waals surface area contributed by atoms with E-state index in [4.69, 9.17) is 9.47 Å². The highest BCUT2D eigenvalue weighted by Crippen LogP contribution is 2.35. The highest BCUT2D eigenvalue weighted by molar-refractivity contribution is 14.1. The number of methoxy groups -OCH3 is 1. The van der Waals surface area contributed by atoms with Gasteiger partial charge in [-0.1, -0.05) is 13.8 Å². The van der Waals surface area contributed by atoms with Gasteiger partial charge in [-0.3, -0.25) is 9.80 Å². The summed E-state index contributed by atoms with van der Waals surface area (Å²) in [6, 6.07) is 4.17. The van der Waals surface area contributed by atoms with Gasteiger partial charge in [0.25, 0.3) is 0 Å². The van der Waals surface area contributed by atoms with Gasteiger partial charge < -0.3 is 9.47 Å². The number of likely N-dealkylation sites (N-methyl/N-ethyl adjacent to an activating group) is 2. The van der Waals surface area contributed by atoms with Gasteiger partial charge in [-0.05, 0) is 75.8 Å². The molecule has 0 saturated carbocycles. The number of hydrogen-bond acceptors (Lipinski definition) is 4. The maximum absolute atomic E-state index is 6.33. The molecular formula is C17H29IN2O2. The third kappa shape index (κ3) is 4.73. The van der Waals surface area contributed by atoms with Crippen LogP contribution in [0.5, 0.6) is 11.5 Å². The van der Waals surface area contributed by atoms with E-state index in [0.29, 0.717) is 5.92 Å². The maximum Gasteiger partial charge on any atom is 0.132 e. The normalized spacial score (nSPS) is 13.3. The molecule has 0 spiro atoms. The van der Waals surface area contributed by atoms with Gasteiger partial charge in [-0.25, -0.2) is 0 Å². The quantitative estimate of drug-likeness (QED) is 0.497. The largest absolute Gasteiger partial charge is 0.496 e. The van der Waals surface area contributed by atoms with E-state index < -0.39 is 0 Å². The molecule has 1 rings (SSSR count). The summed E-state index contributed by atoms with van der Waals surface area (Å²) in [5.74, 6) is 2.23. The van der Waals surface area contributed by atoms with E-state index >= 15 is 0 Å². The molecule has 0 saturated heterocycles. The zero-order chi connectivity index (χ0) is 17.0. The first-order valence-corrected chi connectivity index (χ1v) is 8.63. The van der Waals surface area contributed by atoms with Crippen LogP contribution in [0.25, 0.3) is 0 Å². The van der Waals surface area contributed by atoms with E-state index in [1.54, 1.807) is 7.11 Å². The third-order valence-corrected chi connectivity index (χ3v) is 4.54. The van der Waals surface area contributed by atoms with Crippen molar-refractivity contribution in [2.24, 2.45) is 0 Å². The van der Waals surface area contributed by atoms with Gasteiger partial charge in [0.1, 0.15) is 17.6 Å². The Hall–Kier alpha value is -0.530. The molecule has 0 aromatic heterocycles. The molecule has 0 aliphatic heterocycles. The Morgan fingerprint density at radius 3 is 1.91 bits per heavy atom. The van der Waals surface area contributed by atoms with E-state index in [0.717, 1.165) is 15.1 Å². The SMILES string of the molecule is COc1cc(C(C)C)c(OC(C)C(N(C)C)N(C)C)cc1I. The average Bonchev–Trinajstić information content (AvgIpc) is 2.37. The van der Waals surface area contributed by atoms with Crippen molar-refractivity contribution in [3.8, 4) is 11.5 Å². The summed E-state index contributed by atoms with van der Waals surface area (Å²) in [7, 11) is 10.0. The Kier molecular flexibility index (Phi) is 7.41. The Morgan fingerprint density at radius 2 is 1.50 bits per heavy atom. The molecule has 0 heterocycles. The topological polar surface area (TPSA) is 24.9 Å². The van der Waals surface area contributed by atoms with Gasteiger partial charge in [-0.2, -0.15) is 0 Å². The number of benzene rings is 1. The maximum atomic E-state index is 6.33. The lowest BCUT2D eigenvalue weighted by molar-refractivity contribution is 0.0219. The highest BCUT2D eigenvalue weighted by atomic mass is 127. The molecule has 1 unspecified atom stereocenters. The third-order valence-electron chi connectivity index (χ3n) is 3.70. The zero-order valence-electron chi connectivity index (χ0n) is 15.0. The number of ether oxygens (including phenoxy) is 2. The highest BCUT2D eigenvalue weighted by Gasteiger charge is 2.25. The van der Waals surface area contributed by atoms with Crippen molar-refractivity contribution < 1.29 is 9.47 Å². The van der Waals surface area contributed by atoms with E-state index in [2.05, 4.69) is 93.5 Å². The molecule has 1 atom stereocenters. The Morgan fingerprint density at radius 1 is 0.955 bits per heavy atom. The van der Waals surface area contributed by atoms with Gasteiger partial charge in [0, 0.05) is 5.56 Å². The Balaban J connectivity index is 3.13. The van der Waals surface area contributed by atoms with E-state index in [-0.39, 0.29) is 12.3 Å². The van der Waals surface area contributed by atoms with Crippen LogP contribution in [0.2, 0.25) is 0 Å². The van der Waals surface area contributed by atoms with Crippen LogP contribution < -0.4 is 9.47 Å². The van der Waals surface area contributed by atoms with Crippen molar-refractivity contribution in [3.63, 3.8) is 0 Å². The van der Waals surface area contributed by atoms with Crippen molar-refractivity contribution in [1.29, 1.82) is 0 Å². The van der Waals surface area contributed by atoms with Crippen LogP contribution in [0.3, 0.4) is 0 Å². The second-order valence-corrected chi connectivity index (χ2v) is 7.51. The van der Waals surface area contributed by atoms with Gasteiger partial charge in [-0.15, -0.1) is 0 Å². The van der Waals surface area contributed by atoms with Crippen LogP contribution >= 0.6 is 22.6 Å². The van der Waals surface area contributed by atoms with Crippen molar-refractivity contribution in [1.82, 2.24) is 9.80 Å². The minimum absolute atomic E-state index is 0.0479. The smallest absolute Gasteiger partial charge is 0.132 e. The lowest BCUT2D eigenvalue weighted by atomic mass is 10.0. The lowest BCUT2D eigenvalue weighted by Gasteiger charge is -2.35. The molecule has 5 heteroatoms. The van der Waals surface area contributed by atoms with Crippen LogP contribution in [0.1, 0.15) is 32.3 Å². The van der Waals surface area contributed by atoms with E-state index in [1.807, 2.05) is 0 Å². The molecule has 0 radical (unpaired) electrons. The van der Waals surface area contributed by atoms with Gasteiger partial charge in [0.15, 0.2) is 0 Å². The predicted molar refractivity (Wildman–Crippen MR) is 101 cm³/mol. The number of hydrogen-bond donors (Lipinski definition) is 0. The van der Waals surface area contributed by atoms with Crippen LogP contribution in [0, 0.1) is 3.57 Å². The number of halogens is 1. The van der Waals surface area contributed by atoms with E-state index in [9.17, 15) is 0 Å². The molecule has 4 nitrogen and oxygen atoms in total. The second kappa shape index (κ2) is 8.36. The van der Waals surface area contributed by atoms with Crippen molar-refractivity contribution >= 4 is 22.6 Å². The number of nitrogens with zero attached hydrogens (tertiary/aromatic N) is 2. The Bertz CT molecular complexity index is 482. The molecule has 1 aromatic rings. The standard InChI is InChI=1S/C17H29IN2O2/c1-11(2)13-9-16(21-8)14(18)10-15(13)22-12(3)17(19(4)5)20(6)7/h9-12,17H,1-8H3. The van der Waals surface area contributed by atoms with Gasteiger partial charge in [0.2, 0.25) is 0 Å². The summed E-state index contributed by atoms with van der Waals surface area (Å²) >= 11 is 2.29. The molecule has 0 aliphatic carbocycles. The van der Waals surface area contributed by atoms with Crippen molar-refractivity contribution in [3.05, 3.63) is 21.3 Å². The number of rotatable bonds is 7. The fraction of sp³-hybridized carbons (Fsp3) is 0.647. The molecular weight excluding hydrogens is 391 g/mol. The van der Waals surface area contributed by atoms with Gasteiger partial charge in [0.05, 0.1) is 16.8 Å². The van der Waals surface area contributed by atoms with Crippen molar-refractivity contribution in [2.45, 2.75) is 39.0 Å². The molecule has 0 bridgehead atoms. The first-order chi connectivity index (χ1) is 10.2. The van der Waals surface area contributed by atoms with Crippen LogP contribution in [-0.2, 0) is 0 Å². The molecule has 0 fully saturated rings. The fourth-order valence-electron chi connectivity index (χ4n) is 2.82. The monoisotopic (exact) mass is 420 g/mol. The summed E-state index contributed by atoms with van der Waals surface area (Å²) in [6.07, 6.45) is 0.256. The molecule has 1 aromatic carbocycles. The molecule has 0 aliphatic rings. The predicted octanol–water partition coefficient (Wildman–Crippen LogP) is 3.64. The van der Waals surface area contributed by atoms with Crippen LogP contribution in [0.4, 0.5) is 0 Å². The fourth-order valence-corrected chi connectivity index (χ4v) is 3.48. The lowest BCUT2D eigenvalue weighted by Crippen LogP contribution is -2.50. The van der Waals surface area contributed by atoms with Crippen LogP contribution in [-0.4, -0.2) is 57.4 Å². The Labute approximate surface area is 148 Å². The average molecular weight is 420 g/mol. The first-order valence-electron chi connectivity index (χ1n) is 7.56. The summed E-state index contributed by atoms with van der Waals surface area (Å²) < 4.78 is 12.8. The van der Waals surface area contributed by atoms with Crippen LogP contribution in [0.15, 0.2) is 12.1 Å². The zero-order valence-corrected chi connectivity index (χ0v) is 17.1. The van der Waals surface area contributed by atoms with E-state index in [1.165, 1.54) is 5.56 Å².